The van der Waals surface area contributed by atoms with Crippen LogP contribution in [0.15, 0.2) is 29.5 Å². The van der Waals surface area contributed by atoms with Crippen molar-refractivity contribution in [3.63, 3.8) is 0 Å². The Bertz CT molecular complexity index is 1130. The minimum absolute atomic E-state index is 0.0724. The Balaban J connectivity index is 1.67. The highest BCUT2D eigenvalue weighted by atomic mass is 35.5. The maximum atomic E-state index is 13.7. The van der Waals surface area contributed by atoms with E-state index in [2.05, 4.69) is 4.98 Å². The molecule has 9 heteroatoms. The molecule has 1 aliphatic carbocycles. The van der Waals surface area contributed by atoms with Gasteiger partial charge in [0.25, 0.3) is 5.91 Å². The molecule has 162 valence electrons. The van der Waals surface area contributed by atoms with E-state index in [1.807, 2.05) is 13.8 Å². The van der Waals surface area contributed by atoms with E-state index in [9.17, 15) is 9.59 Å². The lowest BCUT2D eigenvalue weighted by Crippen LogP contribution is -2.41. The van der Waals surface area contributed by atoms with E-state index in [1.165, 1.54) is 11.3 Å². The van der Waals surface area contributed by atoms with Crippen molar-refractivity contribution in [2.45, 2.75) is 50.6 Å². The number of alkyl halides is 1. The van der Waals surface area contributed by atoms with E-state index in [1.54, 1.807) is 23.1 Å². The molecular formula is C22H19Cl3N2O3S. The molecular weight excluding hydrogens is 479 g/mol. The van der Waals surface area contributed by atoms with Gasteiger partial charge in [0.1, 0.15) is 6.10 Å². The van der Waals surface area contributed by atoms with Gasteiger partial charge in [-0.2, -0.15) is 0 Å². The van der Waals surface area contributed by atoms with Gasteiger partial charge in [-0.25, -0.2) is 4.98 Å². The van der Waals surface area contributed by atoms with Gasteiger partial charge in [-0.3, -0.25) is 14.5 Å². The van der Waals surface area contributed by atoms with Gasteiger partial charge in [-0.15, -0.1) is 22.9 Å². The Hall–Kier alpha value is -1.60. The van der Waals surface area contributed by atoms with E-state index < -0.39 is 6.04 Å². The van der Waals surface area contributed by atoms with Crippen molar-refractivity contribution >= 4 is 63.0 Å². The van der Waals surface area contributed by atoms with Crippen molar-refractivity contribution in [1.29, 1.82) is 0 Å². The van der Waals surface area contributed by atoms with Gasteiger partial charge in [0.05, 0.1) is 33.3 Å². The first kappa shape index (κ1) is 21.3. The SMILES string of the molecule is Cc1nc(N2C(=O)C3=C(C(=O)C4CC(Cl)CCC4O3)C2c2ccc(Cl)c(Cl)c2)sc1C. The summed E-state index contributed by atoms with van der Waals surface area (Å²) < 4.78 is 6.17. The van der Waals surface area contributed by atoms with E-state index in [0.717, 1.165) is 17.0 Å². The molecule has 0 spiro atoms. The van der Waals surface area contributed by atoms with Crippen molar-refractivity contribution in [2.24, 2.45) is 5.92 Å². The molecule has 5 nitrogen and oxygen atoms in total. The fourth-order valence-corrected chi connectivity index (χ4v) is 6.13. The summed E-state index contributed by atoms with van der Waals surface area (Å²) >= 11 is 20.2. The van der Waals surface area contributed by atoms with Gasteiger partial charge in [-0.05, 0) is 50.8 Å². The van der Waals surface area contributed by atoms with Crippen LogP contribution in [0.2, 0.25) is 10.0 Å². The molecule has 1 amide bonds. The highest BCUT2D eigenvalue weighted by molar-refractivity contribution is 7.15. The van der Waals surface area contributed by atoms with E-state index in [-0.39, 0.29) is 34.8 Å². The molecule has 3 heterocycles. The predicted octanol–water partition coefficient (Wildman–Crippen LogP) is 5.78. The second-order valence-electron chi connectivity index (χ2n) is 8.17. The Morgan fingerprint density at radius 1 is 1.16 bits per heavy atom. The van der Waals surface area contributed by atoms with Crippen LogP contribution in [0.5, 0.6) is 0 Å². The topological polar surface area (TPSA) is 59.5 Å². The third-order valence-electron chi connectivity index (χ3n) is 6.27. The number of hydrogen-bond donors (Lipinski definition) is 0. The quantitative estimate of drug-likeness (QED) is 0.493. The first-order chi connectivity index (χ1) is 14.8. The van der Waals surface area contributed by atoms with Crippen LogP contribution in [0.25, 0.3) is 0 Å². The number of fused-ring (bicyclic) bond motifs is 1. The fraction of sp³-hybridized carbons (Fsp3) is 0.409. The van der Waals surface area contributed by atoms with Crippen LogP contribution < -0.4 is 4.90 Å². The zero-order chi connectivity index (χ0) is 22.0. The van der Waals surface area contributed by atoms with Gasteiger partial charge in [0, 0.05) is 10.3 Å². The summed E-state index contributed by atoms with van der Waals surface area (Å²) in [6.45, 7) is 3.85. The number of amides is 1. The van der Waals surface area contributed by atoms with Crippen LogP contribution >= 0.6 is 46.1 Å². The number of ether oxygens (including phenoxy) is 1. The van der Waals surface area contributed by atoms with Crippen LogP contribution in [0.3, 0.4) is 0 Å². The normalized spacial score (nSPS) is 28.0. The van der Waals surface area contributed by atoms with E-state index >= 15 is 0 Å². The molecule has 1 fully saturated rings. The number of Topliss-reactive ketones (excluding diaryl/α,β-unsaturated/α-hetero) is 1. The average molecular weight is 498 g/mol. The van der Waals surface area contributed by atoms with E-state index in [4.69, 9.17) is 39.5 Å². The third-order valence-corrected chi connectivity index (χ3v) is 8.47. The number of carbonyl (C=O) groups excluding carboxylic acids is 2. The van der Waals surface area contributed by atoms with Gasteiger partial charge in [-0.1, -0.05) is 29.3 Å². The minimum Gasteiger partial charge on any atom is -0.483 e. The standard InChI is InChI=1S/C22H19Cl3N2O3S/c1-9-10(2)31-22(26-9)27-18(11-3-5-14(24)15(25)7-11)17-19(28)13-8-12(23)4-6-16(13)30-20(17)21(27)29/h3,5,7,12-13,16,18H,4,6,8H2,1-2H3. The van der Waals surface area contributed by atoms with Crippen LogP contribution in [-0.2, 0) is 14.3 Å². The second-order valence-corrected chi connectivity index (χ2v) is 10.8. The molecule has 1 aromatic carbocycles. The fourth-order valence-electron chi connectivity index (χ4n) is 4.57. The van der Waals surface area contributed by atoms with Crippen molar-refractivity contribution in [3.05, 3.63) is 55.7 Å². The molecule has 1 saturated carbocycles. The summed E-state index contributed by atoms with van der Waals surface area (Å²) in [5.41, 5.74) is 1.89. The first-order valence-corrected chi connectivity index (χ1v) is 12.1. The third kappa shape index (κ3) is 3.39. The summed E-state index contributed by atoms with van der Waals surface area (Å²) in [6, 6.07) is 4.48. The number of thiazole rings is 1. The number of anilines is 1. The minimum atomic E-state index is -0.675. The zero-order valence-electron chi connectivity index (χ0n) is 16.8. The molecule has 5 rings (SSSR count). The van der Waals surface area contributed by atoms with Crippen LogP contribution in [0.4, 0.5) is 5.13 Å². The molecule has 3 aliphatic rings. The Morgan fingerprint density at radius 3 is 2.61 bits per heavy atom. The van der Waals surface area contributed by atoms with Crippen molar-refractivity contribution < 1.29 is 14.3 Å². The Morgan fingerprint density at radius 2 is 1.94 bits per heavy atom. The molecule has 31 heavy (non-hydrogen) atoms. The van der Waals surface area contributed by atoms with Crippen molar-refractivity contribution in [2.75, 3.05) is 4.90 Å². The average Bonchev–Trinajstić information content (AvgIpc) is 3.21. The Labute approximate surface area is 198 Å². The van der Waals surface area contributed by atoms with Crippen LogP contribution in [0.1, 0.15) is 41.4 Å². The molecule has 4 atom stereocenters. The summed E-state index contributed by atoms with van der Waals surface area (Å²) in [5.74, 6) is -0.651. The van der Waals surface area contributed by atoms with Gasteiger partial charge < -0.3 is 4.74 Å². The molecule has 4 unspecified atom stereocenters. The zero-order valence-corrected chi connectivity index (χ0v) is 19.9. The number of nitrogens with zero attached hydrogens (tertiary/aromatic N) is 2. The summed E-state index contributed by atoms with van der Waals surface area (Å²) in [5, 5.41) is 1.21. The van der Waals surface area contributed by atoms with Crippen LogP contribution in [0, 0.1) is 19.8 Å². The second kappa shape index (κ2) is 7.77. The molecule has 0 N–H and O–H groups in total. The van der Waals surface area contributed by atoms with Gasteiger partial charge in [0.15, 0.2) is 16.7 Å². The number of benzene rings is 1. The highest BCUT2D eigenvalue weighted by Crippen LogP contribution is 2.50. The number of ketones is 1. The maximum absolute atomic E-state index is 13.7. The summed E-state index contributed by atoms with van der Waals surface area (Å²) in [6.07, 6.45) is 1.64. The number of halogens is 3. The number of hydrogen-bond acceptors (Lipinski definition) is 5. The van der Waals surface area contributed by atoms with Crippen molar-refractivity contribution in [3.8, 4) is 0 Å². The smallest absolute Gasteiger partial charge is 0.296 e. The lowest BCUT2D eigenvalue weighted by molar-refractivity contribution is -0.131. The number of rotatable bonds is 2. The molecule has 1 aromatic heterocycles. The lowest BCUT2D eigenvalue weighted by atomic mass is 9.77. The van der Waals surface area contributed by atoms with Gasteiger partial charge >= 0.3 is 0 Å². The number of aryl methyl sites for hydroxylation is 2. The maximum Gasteiger partial charge on any atom is 0.296 e. The molecule has 0 radical (unpaired) electrons. The molecule has 2 aromatic rings. The molecule has 0 saturated heterocycles. The van der Waals surface area contributed by atoms with E-state index in [0.29, 0.717) is 39.2 Å². The highest BCUT2D eigenvalue weighted by Gasteiger charge is 2.53. The molecule has 2 aliphatic heterocycles. The largest absolute Gasteiger partial charge is 0.483 e. The van der Waals surface area contributed by atoms with Crippen LogP contribution in [-0.4, -0.2) is 28.2 Å². The lowest BCUT2D eigenvalue weighted by Gasteiger charge is -2.37. The number of aromatic nitrogens is 1. The first-order valence-electron chi connectivity index (χ1n) is 10.1. The summed E-state index contributed by atoms with van der Waals surface area (Å²) in [7, 11) is 0. The van der Waals surface area contributed by atoms with Gasteiger partial charge in [0.2, 0.25) is 0 Å². The Kier molecular flexibility index (Phi) is 5.32. The summed E-state index contributed by atoms with van der Waals surface area (Å²) in [4.78, 5) is 34.4. The molecule has 0 bridgehead atoms. The monoisotopic (exact) mass is 496 g/mol. The van der Waals surface area contributed by atoms with Crippen molar-refractivity contribution in [1.82, 2.24) is 4.98 Å². The predicted molar refractivity (Wildman–Crippen MR) is 122 cm³/mol. The number of carbonyl (C=O) groups is 2.